The van der Waals surface area contributed by atoms with E-state index in [1.165, 1.54) is 0 Å². The molecule has 39 heavy (non-hydrogen) atoms. The largest absolute Gasteiger partial charge is 3.00 e. The van der Waals surface area contributed by atoms with Crippen molar-refractivity contribution in [3.05, 3.63) is 0 Å². The van der Waals surface area contributed by atoms with Crippen LogP contribution in [0.4, 0.5) is 0 Å². The van der Waals surface area contributed by atoms with Crippen LogP contribution in [0.1, 0.15) is 0 Å². The molecule has 0 amide bonds. The zero-order chi connectivity index (χ0) is 22.5. The summed E-state index contributed by atoms with van der Waals surface area (Å²) in [6, 6.07) is 0. The van der Waals surface area contributed by atoms with Crippen molar-refractivity contribution in [2.24, 2.45) is 0 Å². The smallest absolute Gasteiger partial charge is 0.870 e. The first-order valence-electron chi connectivity index (χ1n) is 3.33. The van der Waals surface area contributed by atoms with Gasteiger partial charge in [0.1, 0.15) is 0 Å². The fraction of sp³-hybridized carbons (Fsp3) is 0. The molecule has 0 rings (SSSR count). The Balaban J connectivity index is -0.00000000692. The van der Waals surface area contributed by atoms with Crippen LogP contribution < -0.4 is 0 Å². The molecule has 0 bridgehead atoms. The van der Waals surface area contributed by atoms with Crippen molar-refractivity contribution in [3.63, 3.8) is 0 Å². The first kappa shape index (κ1) is 131. The van der Waals surface area contributed by atoms with Gasteiger partial charge in [-0.1, -0.05) is 0 Å². The van der Waals surface area contributed by atoms with E-state index >= 15 is 0 Å². The van der Waals surface area contributed by atoms with E-state index in [-0.39, 0.29) is 209 Å². The molecule has 0 heterocycles. The van der Waals surface area contributed by atoms with Crippen LogP contribution in [0.3, 0.4) is 0 Å². The molecule has 0 aromatic rings. The molecule has 28 nitrogen and oxygen atoms in total. The van der Waals surface area contributed by atoms with E-state index in [1.54, 1.807) is 0 Å². The Labute approximate surface area is 342 Å². The van der Waals surface area contributed by atoms with Gasteiger partial charge in [0.15, 0.2) is 0 Å². The van der Waals surface area contributed by atoms with Crippen LogP contribution >= 0.6 is 0 Å². The molecule has 0 aromatic heterocycles. The number of hydrogen-bond acceptors (Lipinski definition) is 25. The van der Waals surface area contributed by atoms with Gasteiger partial charge in [0.2, 0.25) is 0 Å². The Bertz CT molecular complexity index is 641. The van der Waals surface area contributed by atoms with E-state index in [1.807, 2.05) is 0 Å². The predicted molar refractivity (Wildman–Crippen MR) is 107 cm³/mol. The Morgan fingerprint density at radius 1 is 0.256 bits per heavy atom. The molecular formula is H11Al3Ca3O28S5. The van der Waals surface area contributed by atoms with Crippen LogP contribution in [0.15, 0.2) is 0 Å². The molecular weight excluding hydrogens is 809 g/mol. The second-order valence-electron chi connectivity index (χ2n) is 2.04. The third-order valence-electron chi connectivity index (χ3n) is 0. The van der Waals surface area contributed by atoms with E-state index in [2.05, 4.69) is 0 Å². The topological polar surface area (TPSA) is 646 Å². The van der Waals surface area contributed by atoms with E-state index in [0.717, 1.165) is 0 Å². The average Bonchev–Trinajstić information content (AvgIpc) is 1.79. The molecule has 0 aliphatic carbocycles. The number of hydrogen-bond donors (Lipinski definition) is 0. The van der Waals surface area contributed by atoms with Crippen LogP contribution in [-0.2, 0) is 52.0 Å². The maximum atomic E-state index is 8.52. The third kappa shape index (κ3) is 3570. The minimum absolute atomic E-state index is 0. The standard InChI is InChI=1S/3Al.3Ca.5H2O4S.8H2O/c;;;;;;5*1-5(2,3)4;;;;;;;;/h;;;;;;5*(H2,1,2,3,4);8*1H2/q3*+3;3*+2;;;;;;;;;;;;;/p-15. The molecule has 0 atom stereocenters. The molecule has 0 unspecified atom stereocenters. The Kier molecular flexibility index (Phi) is 206. The minimum Gasteiger partial charge on any atom is -0.870 e. The molecule has 224 valence electrons. The van der Waals surface area contributed by atoms with Gasteiger partial charge in [-0.3, -0.25) is 42.1 Å². The van der Waals surface area contributed by atoms with Crippen LogP contribution in [0.2, 0.25) is 0 Å². The first-order chi connectivity index (χ1) is 10.0. The fourth-order valence-corrected chi connectivity index (χ4v) is 0. The van der Waals surface area contributed by atoms with Gasteiger partial charge >= 0.3 is 165 Å². The zero-order valence-corrected chi connectivity index (χ0v) is 32.0. The molecule has 0 saturated heterocycles. The van der Waals surface area contributed by atoms with Crippen molar-refractivity contribution in [3.8, 4) is 0 Å². The molecule has 0 aliphatic rings. The van der Waals surface area contributed by atoms with Crippen LogP contribution in [0, 0.1) is 0 Å². The maximum Gasteiger partial charge on any atom is 3.00 e. The summed E-state index contributed by atoms with van der Waals surface area (Å²) in [5.41, 5.74) is 0. The summed E-state index contributed by atoms with van der Waals surface area (Å²) in [6.07, 6.45) is 0. The summed E-state index contributed by atoms with van der Waals surface area (Å²) in [7, 11) is -25.8. The van der Waals surface area contributed by atoms with Gasteiger partial charge in [0.05, 0.1) is 0 Å². The first-order valence-corrected chi connectivity index (χ1v) is 10.0. The van der Waals surface area contributed by atoms with Gasteiger partial charge in [0, 0.05) is 52.0 Å². The van der Waals surface area contributed by atoms with Gasteiger partial charge in [0.25, 0.3) is 0 Å². The zero-order valence-electron chi connectivity index (χ0n) is 17.8. The molecule has 0 aromatic carbocycles. The van der Waals surface area contributed by atoms with Crippen molar-refractivity contribution in [2.45, 2.75) is 0 Å². The number of rotatable bonds is 0. The molecule has 39 heteroatoms. The molecule has 0 saturated carbocycles. The Morgan fingerprint density at radius 3 is 0.256 bits per heavy atom. The van der Waals surface area contributed by atoms with Crippen molar-refractivity contribution >= 4 is 217 Å². The van der Waals surface area contributed by atoms with Gasteiger partial charge in [-0.25, -0.2) is 0 Å². The van der Waals surface area contributed by atoms with Crippen molar-refractivity contribution in [1.82, 2.24) is 0 Å². The molecule has 0 radical (unpaired) electrons. The summed E-state index contributed by atoms with van der Waals surface area (Å²) in [6.45, 7) is 0. The SMILES string of the molecule is O.O.O.O=S(=O)([O-])[O-].O=S(=O)([O-])[O-].O=S(=O)([O-])[O-].O=S(=O)([O-])[O-].O=S(=O)([O-])[O-].[Al+3].[Al+3].[Al+3].[Ca+2].[Ca+2].[Ca+2].[OH-].[OH-].[OH-].[OH-].[OH-]. The molecule has 0 spiro atoms. The summed E-state index contributed by atoms with van der Waals surface area (Å²) in [5, 5.41) is 0. The molecule has 11 N–H and O–H groups in total. The van der Waals surface area contributed by atoms with Crippen molar-refractivity contribution in [2.75, 3.05) is 0 Å². The van der Waals surface area contributed by atoms with Gasteiger partial charge in [-0.05, 0) is 0 Å². The normalized spacial score (nSPS) is 7.44. The summed E-state index contributed by atoms with van der Waals surface area (Å²) in [5.74, 6) is 0. The Hall–Kier alpha value is 4.41. The summed E-state index contributed by atoms with van der Waals surface area (Å²) >= 11 is 0. The van der Waals surface area contributed by atoms with E-state index in [9.17, 15) is 0 Å². The average molecular weight is 821 g/mol. The monoisotopic (exact) mass is 820 g/mol. The predicted octanol–water partition coefficient (Wildman–Crippen LogP) is -12.3. The van der Waals surface area contributed by atoms with E-state index in [4.69, 9.17) is 87.6 Å². The van der Waals surface area contributed by atoms with E-state index < -0.39 is 52.0 Å². The summed E-state index contributed by atoms with van der Waals surface area (Å²) in [4.78, 5) is 0. The maximum absolute atomic E-state index is 8.52. The quantitative estimate of drug-likeness (QED) is 0.124. The fourth-order valence-electron chi connectivity index (χ4n) is 0. The summed E-state index contributed by atoms with van der Waals surface area (Å²) < 4.78 is 170. The van der Waals surface area contributed by atoms with Gasteiger partial charge in [-0.2, -0.15) is 0 Å². The minimum atomic E-state index is -5.17. The van der Waals surface area contributed by atoms with Gasteiger partial charge in [-0.15, -0.1) is 0 Å². The van der Waals surface area contributed by atoms with Crippen molar-refractivity contribution in [1.29, 1.82) is 0 Å². The van der Waals surface area contributed by atoms with Crippen LogP contribution in [0.5, 0.6) is 0 Å². The van der Waals surface area contributed by atoms with Crippen LogP contribution in [-0.4, -0.2) is 297 Å². The molecule has 0 aliphatic heterocycles. The molecule has 0 fully saturated rings. The van der Waals surface area contributed by atoms with Crippen molar-refractivity contribution < 1.29 is 131 Å². The van der Waals surface area contributed by atoms with Gasteiger partial charge < -0.3 is 89.3 Å². The third-order valence-corrected chi connectivity index (χ3v) is 0. The Morgan fingerprint density at radius 2 is 0.256 bits per heavy atom. The van der Waals surface area contributed by atoms with E-state index in [0.29, 0.717) is 0 Å². The van der Waals surface area contributed by atoms with Crippen LogP contribution in [0.25, 0.3) is 0 Å². The second-order valence-corrected chi connectivity index (χ2v) is 6.12. The second kappa shape index (κ2) is 61.4.